The molecule has 1 amide bonds. The molecule has 2 heterocycles. The van der Waals surface area contributed by atoms with Gasteiger partial charge in [0, 0.05) is 17.2 Å². The fourth-order valence-electron chi connectivity index (χ4n) is 1.71. The van der Waals surface area contributed by atoms with Crippen LogP contribution >= 0.6 is 15.9 Å². The molecule has 0 saturated carbocycles. The Kier molecular flexibility index (Phi) is 3.43. The number of carbonyl (C=O) groups excluding carboxylic acids is 1. The van der Waals surface area contributed by atoms with Crippen LogP contribution in [-0.2, 0) is 4.79 Å². The fraction of sp³-hybridized carbons (Fsp3) is 0.455. The van der Waals surface area contributed by atoms with Gasteiger partial charge in [0.05, 0.1) is 0 Å². The number of rotatable bonds is 2. The van der Waals surface area contributed by atoms with Crippen molar-refractivity contribution < 1.29 is 4.79 Å². The molecule has 0 aliphatic carbocycles. The Hall–Kier alpha value is -1.10. The highest BCUT2D eigenvalue weighted by atomic mass is 79.9. The molecule has 0 aromatic carbocycles. The van der Waals surface area contributed by atoms with Crippen molar-refractivity contribution in [1.82, 2.24) is 10.3 Å². The summed E-state index contributed by atoms with van der Waals surface area (Å²) >= 11 is 3.40. The molecule has 1 aromatic heterocycles. The largest absolute Gasteiger partial charge is 0.358 e. The minimum atomic E-state index is -0.151. The molecular formula is C11H14BrN3O. The summed E-state index contributed by atoms with van der Waals surface area (Å²) in [6.07, 6.45) is 3.62. The van der Waals surface area contributed by atoms with Crippen LogP contribution in [0, 0.1) is 6.92 Å². The maximum atomic E-state index is 11.5. The average Bonchev–Trinajstić information content (AvgIpc) is 2.27. The van der Waals surface area contributed by atoms with Gasteiger partial charge < -0.3 is 10.6 Å². The van der Waals surface area contributed by atoms with Crippen molar-refractivity contribution in [3.63, 3.8) is 0 Å². The number of pyridine rings is 1. The number of amides is 1. The number of aryl methyl sites for hydroxylation is 1. The van der Waals surface area contributed by atoms with E-state index in [0.717, 1.165) is 35.2 Å². The van der Waals surface area contributed by atoms with Crippen molar-refractivity contribution in [3.8, 4) is 0 Å². The van der Waals surface area contributed by atoms with Crippen molar-refractivity contribution in [3.05, 3.63) is 22.3 Å². The van der Waals surface area contributed by atoms with Crippen LogP contribution in [0.4, 0.5) is 5.82 Å². The second-order valence-electron chi connectivity index (χ2n) is 3.95. The predicted octanol–water partition coefficient (Wildman–Crippen LogP) is 1.84. The molecule has 0 radical (unpaired) electrons. The van der Waals surface area contributed by atoms with E-state index in [2.05, 4.69) is 31.5 Å². The molecule has 2 rings (SSSR count). The first-order valence-electron chi connectivity index (χ1n) is 5.33. The first-order chi connectivity index (χ1) is 7.66. The quantitative estimate of drug-likeness (QED) is 0.871. The lowest BCUT2D eigenvalue weighted by Gasteiger charge is -2.23. The van der Waals surface area contributed by atoms with Gasteiger partial charge in [-0.2, -0.15) is 0 Å². The minimum Gasteiger partial charge on any atom is -0.358 e. The van der Waals surface area contributed by atoms with Gasteiger partial charge in [-0.1, -0.05) is 0 Å². The number of nitrogens with zero attached hydrogens (tertiary/aromatic N) is 1. The zero-order valence-electron chi connectivity index (χ0n) is 9.09. The summed E-state index contributed by atoms with van der Waals surface area (Å²) < 4.78 is 0.978. The van der Waals surface area contributed by atoms with Gasteiger partial charge in [-0.15, -0.1) is 0 Å². The third-order valence-corrected chi connectivity index (χ3v) is 3.48. The van der Waals surface area contributed by atoms with Gasteiger partial charge in [0.1, 0.15) is 11.9 Å². The van der Waals surface area contributed by atoms with Gasteiger partial charge in [0.2, 0.25) is 5.91 Å². The molecule has 0 spiro atoms. The van der Waals surface area contributed by atoms with Crippen molar-refractivity contribution >= 4 is 27.7 Å². The highest BCUT2D eigenvalue weighted by Crippen LogP contribution is 2.18. The summed E-state index contributed by atoms with van der Waals surface area (Å²) in [4.78, 5) is 15.8. The van der Waals surface area contributed by atoms with E-state index in [0.29, 0.717) is 0 Å². The van der Waals surface area contributed by atoms with Crippen LogP contribution in [0.25, 0.3) is 0 Å². The number of halogens is 1. The molecule has 86 valence electrons. The number of carbonyl (C=O) groups is 1. The molecule has 2 N–H and O–H groups in total. The van der Waals surface area contributed by atoms with Gasteiger partial charge in [-0.25, -0.2) is 4.98 Å². The van der Waals surface area contributed by atoms with Gasteiger partial charge in [-0.05, 0) is 47.3 Å². The van der Waals surface area contributed by atoms with Crippen molar-refractivity contribution in [2.75, 3.05) is 11.9 Å². The van der Waals surface area contributed by atoms with Crippen LogP contribution in [-0.4, -0.2) is 23.5 Å². The second kappa shape index (κ2) is 4.82. The van der Waals surface area contributed by atoms with Crippen LogP contribution in [0.5, 0.6) is 0 Å². The van der Waals surface area contributed by atoms with Crippen LogP contribution in [0.1, 0.15) is 18.4 Å². The van der Waals surface area contributed by atoms with E-state index in [1.54, 1.807) is 6.20 Å². The molecule has 1 fully saturated rings. The van der Waals surface area contributed by atoms with E-state index in [1.165, 1.54) is 0 Å². The molecule has 1 aromatic rings. The van der Waals surface area contributed by atoms with Gasteiger partial charge in [0.25, 0.3) is 0 Å². The third-order valence-electron chi connectivity index (χ3n) is 2.65. The topological polar surface area (TPSA) is 54.0 Å². The summed E-state index contributed by atoms with van der Waals surface area (Å²) in [5.74, 6) is 0.816. The molecule has 1 aliphatic rings. The molecule has 1 saturated heterocycles. The lowest BCUT2D eigenvalue weighted by molar-refractivity contribution is -0.123. The van der Waals surface area contributed by atoms with E-state index in [4.69, 9.17) is 0 Å². The summed E-state index contributed by atoms with van der Waals surface area (Å²) in [6.45, 7) is 2.78. The van der Waals surface area contributed by atoms with Crippen LogP contribution in [0.3, 0.4) is 0 Å². The van der Waals surface area contributed by atoms with Crippen LogP contribution in [0.15, 0.2) is 16.7 Å². The number of anilines is 1. The number of aromatic nitrogens is 1. The molecule has 1 atom stereocenters. The second-order valence-corrected chi connectivity index (χ2v) is 4.80. The molecule has 0 bridgehead atoms. The Bertz CT molecular complexity index is 408. The van der Waals surface area contributed by atoms with Gasteiger partial charge in [-0.3, -0.25) is 4.79 Å². The summed E-state index contributed by atoms with van der Waals surface area (Å²) in [5.41, 5.74) is 1.11. The van der Waals surface area contributed by atoms with Crippen molar-refractivity contribution in [2.45, 2.75) is 25.8 Å². The SMILES string of the molecule is Cc1cc(NC2CCCNC2=O)ncc1Br. The zero-order valence-corrected chi connectivity index (χ0v) is 10.7. The molecule has 1 unspecified atom stereocenters. The first kappa shape index (κ1) is 11.4. The molecular weight excluding hydrogens is 270 g/mol. The number of hydrogen-bond donors (Lipinski definition) is 2. The number of nitrogens with one attached hydrogen (secondary N) is 2. The molecule has 4 nitrogen and oxygen atoms in total. The average molecular weight is 284 g/mol. The highest BCUT2D eigenvalue weighted by molar-refractivity contribution is 9.10. The zero-order chi connectivity index (χ0) is 11.5. The van der Waals surface area contributed by atoms with Crippen LogP contribution in [0.2, 0.25) is 0 Å². The molecule has 16 heavy (non-hydrogen) atoms. The Balaban J connectivity index is 2.08. The number of piperidine rings is 1. The predicted molar refractivity (Wildman–Crippen MR) is 66.3 cm³/mol. The van der Waals surface area contributed by atoms with E-state index >= 15 is 0 Å². The lowest BCUT2D eigenvalue weighted by atomic mass is 10.1. The van der Waals surface area contributed by atoms with Crippen molar-refractivity contribution in [2.24, 2.45) is 0 Å². The van der Waals surface area contributed by atoms with Gasteiger partial charge >= 0.3 is 0 Å². The molecule has 5 heteroatoms. The van der Waals surface area contributed by atoms with E-state index in [9.17, 15) is 4.79 Å². The Morgan fingerprint density at radius 1 is 1.62 bits per heavy atom. The lowest BCUT2D eigenvalue weighted by Crippen LogP contribution is -2.44. The maximum Gasteiger partial charge on any atom is 0.242 e. The van der Waals surface area contributed by atoms with Crippen molar-refractivity contribution in [1.29, 1.82) is 0 Å². The third kappa shape index (κ3) is 2.52. The van der Waals surface area contributed by atoms with E-state index < -0.39 is 0 Å². The van der Waals surface area contributed by atoms with E-state index in [-0.39, 0.29) is 11.9 Å². The van der Waals surface area contributed by atoms with Gasteiger partial charge in [0.15, 0.2) is 0 Å². The van der Waals surface area contributed by atoms with Crippen LogP contribution < -0.4 is 10.6 Å². The summed E-state index contributed by atoms with van der Waals surface area (Å²) in [7, 11) is 0. The standard InChI is InChI=1S/C11H14BrN3O/c1-7-5-10(14-6-8(7)12)15-9-3-2-4-13-11(9)16/h5-6,9H,2-4H2,1H3,(H,13,16)(H,14,15). The maximum absolute atomic E-state index is 11.5. The monoisotopic (exact) mass is 283 g/mol. The highest BCUT2D eigenvalue weighted by Gasteiger charge is 2.21. The smallest absolute Gasteiger partial charge is 0.242 e. The summed E-state index contributed by atoms with van der Waals surface area (Å²) in [5, 5.41) is 5.99. The Morgan fingerprint density at radius 2 is 2.44 bits per heavy atom. The summed E-state index contributed by atoms with van der Waals surface area (Å²) in [6, 6.07) is 1.79. The Labute approximate surface area is 103 Å². The minimum absolute atomic E-state index is 0.0635. The number of hydrogen-bond acceptors (Lipinski definition) is 3. The van der Waals surface area contributed by atoms with E-state index in [1.807, 2.05) is 13.0 Å². The fourth-order valence-corrected chi connectivity index (χ4v) is 1.92. The Morgan fingerprint density at radius 3 is 3.12 bits per heavy atom. The normalized spacial score (nSPS) is 20.4. The first-order valence-corrected chi connectivity index (χ1v) is 6.12. The molecule has 1 aliphatic heterocycles.